The molecule has 0 rings (SSSR count). The molecule has 0 aromatic rings. The summed E-state index contributed by atoms with van der Waals surface area (Å²) in [7, 11) is -1.29. The maximum absolute atomic E-state index is 5.98. The Morgan fingerprint density at radius 3 is 2.31 bits per heavy atom. The summed E-state index contributed by atoms with van der Waals surface area (Å²) in [4.78, 5) is 0. The predicted molar refractivity (Wildman–Crippen MR) is 62.6 cm³/mol. The van der Waals surface area contributed by atoms with Gasteiger partial charge in [-0.05, 0) is 31.5 Å². The van der Waals surface area contributed by atoms with Crippen LogP contribution in [0.15, 0.2) is 0 Å². The molecule has 0 N–H and O–H groups in total. The van der Waals surface area contributed by atoms with E-state index in [0.29, 0.717) is 0 Å². The summed E-state index contributed by atoms with van der Waals surface area (Å²) >= 11 is 0. The zero-order valence-electron chi connectivity index (χ0n) is 10.0. The predicted octanol–water partition coefficient (Wildman–Crippen LogP) is 4.05. The number of hydrogen-bond donors (Lipinski definition) is 0. The normalized spacial score (nSPS) is 12.5. The van der Waals surface area contributed by atoms with Crippen LogP contribution in [-0.4, -0.2) is 14.9 Å². The van der Waals surface area contributed by atoms with Crippen molar-refractivity contribution >= 4 is 8.32 Å². The van der Waals surface area contributed by atoms with Gasteiger partial charge >= 0.3 is 0 Å². The van der Waals surface area contributed by atoms with Gasteiger partial charge in [-0.1, -0.05) is 33.6 Å². The Kier molecular flexibility index (Phi) is 6.69. The molecule has 80 valence electrons. The second-order valence-electron chi connectivity index (χ2n) is 4.89. The Morgan fingerprint density at radius 1 is 1.23 bits per heavy atom. The second kappa shape index (κ2) is 6.60. The molecule has 0 aliphatic rings. The quantitative estimate of drug-likeness (QED) is 0.566. The Hall–Kier alpha value is 0.177. The fourth-order valence-electron chi connectivity index (χ4n) is 1.25. The molecule has 0 spiro atoms. The van der Waals surface area contributed by atoms with Crippen LogP contribution < -0.4 is 0 Å². The molecule has 0 atom stereocenters. The largest absolute Gasteiger partial charge is 0.417 e. The summed E-state index contributed by atoms with van der Waals surface area (Å²) in [6.07, 6.45) is 3.84. The fourth-order valence-corrected chi connectivity index (χ4v) is 3.27. The van der Waals surface area contributed by atoms with Crippen molar-refractivity contribution in [3.63, 3.8) is 0 Å². The third-order valence-corrected chi connectivity index (χ3v) is 4.86. The maximum atomic E-state index is 5.98. The summed E-state index contributed by atoms with van der Waals surface area (Å²) in [5, 5.41) is 0. The van der Waals surface area contributed by atoms with Crippen LogP contribution in [0.3, 0.4) is 0 Å². The van der Waals surface area contributed by atoms with Gasteiger partial charge in [0, 0.05) is 6.61 Å². The molecule has 13 heavy (non-hydrogen) atoms. The topological polar surface area (TPSA) is 9.23 Å². The molecular formula is C11H26OSi. The molecule has 0 aromatic carbocycles. The molecule has 0 aliphatic heterocycles. The van der Waals surface area contributed by atoms with Gasteiger partial charge in [-0.3, -0.25) is 0 Å². The van der Waals surface area contributed by atoms with E-state index in [4.69, 9.17) is 4.43 Å². The van der Waals surface area contributed by atoms with Crippen molar-refractivity contribution in [2.24, 2.45) is 5.92 Å². The lowest BCUT2D eigenvalue weighted by Crippen LogP contribution is -2.30. The monoisotopic (exact) mass is 202 g/mol. The van der Waals surface area contributed by atoms with Gasteiger partial charge in [0.15, 0.2) is 8.32 Å². The molecule has 0 radical (unpaired) electrons. The van der Waals surface area contributed by atoms with E-state index in [1.807, 2.05) is 0 Å². The van der Waals surface area contributed by atoms with Crippen LogP contribution in [0.4, 0.5) is 0 Å². The van der Waals surface area contributed by atoms with Crippen LogP contribution in [0, 0.1) is 5.92 Å². The summed E-state index contributed by atoms with van der Waals surface area (Å²) in [6.45, 7) is 12.4. The van der Waals surface area contributed by atoms with Gasteiger partial charge in [0.2, 0.25) is 0 Å². The third kappa shape index (κ3) is 8.51. The minimum atomic E-state index is -1.29. The standard InChI is InChI=1S/C11H26OSi/c1-6-7-10-13(4,5)12-9-8-11(2)3/h11H,6-10H2,1-5H3. The average Bonchev–Trinajstić information content (AvgIpc) is 2.00. The highest BCUT2D eigenvalue weighted by molar-refractivity contribution is 6.71. The summed E-state index contributed by atoms with van der Waals surface area (Å²) in [6, 6.07) is 1.32. The lowest BCUT2D eigenvalue weighted by Gasteiger charge is -2.23. The first-order valence-electron chi connectivity index (χ1n) is 5.62. The SMILES string of the molecule is CCCC[Si](C)(C)OCCC(C)C. The van der Waals surface area contributed by atoms with Gasteiger partial charge in [0.1, 0.15) is 0 Å². The van der Waals surface area contributed by atoms with Crippen LogP contribution in [0.5, 0.6) is 0 Å². The van der Waals surface area contributed by atoms with Crippen molar-refractivity contribution in [1.82, 2.24) is 0 Å². The Balaban J connectivity index is 3.50. The highest BCUT2D eigenvalue weighted by atomic mass is 28.4. The highest BCUT2D eigenvalue weighted by Crippen LogP contribution is 2.16. The number of rotatable bonds is 7. The molecule has 0 fully saturated rings. The summed E-state index contributed by atoms with van der Waals surface area (Å²) < 4.78 is 5.98. The molecule has 0 aliphatic carbocycles. The molecule has 2 heteroatoms. The van der Waals surface area contributed by atoms with Crippen LogP contribution in [0.1, 0.15) is 40.0 Å². The first-order valence-corrected chi connectivity index (χ1v) is 8.73. The van der Waals surface area contributed by atoms with Gasteiger partial charge in [-0.2, -0.15) is 0 Å². The Bertz CT molecular complexity index is 121. The van der Waals surface area contributed by atoms with E-state index in [1.54, 1.807) is 0 Å². The molecule has 0 bridgehead atoms. The molecular weight excluding hydrogens is 176 g/mol. The van der Waals surface area contributed by atoms with Crippen molar-refractivity contribution in [3.8, 4) is 0 Å². The van der Waals surface area contributed by atoms with E-state index in [-0.39, 0.29) is 0 Å². The summed E-state index contributed by atoms with van der Waals surface area (Å²) in [5.41, 5.74) is 0. The third-order valence-electron chi connectivity index (χ3n) is 2.32. The fraction of sp³-hybridized carbons (Fsp3) is 1.00. The number of unbranched alkanes of at least 4 members (excludes halogenated alkanes) is 1. The van der Waals surface area contributed by atoms with Crippen molar-refractivity contribution < 1.29 is 4.43 Å². The van der Waals surface area contributed by atoms with Gasteiger partial charge < -0.3 is 4.43 Å². The smallest absolute Gasteiger partial charge is 0.186 e. The minimum Gasteiger partial charge on any atom is -0.417 e. The summed E-state index contributed by atoms with van der Waals surface area (Å²) in [5.74, 6) is 0.774. The van der Waals surface area contributed by atoms with Crippen molar-refractivity contribution in [2.75, 3.05) is 6.61 Å². The van der Waals surface area contributed by atoms with Gasteiger partial charge in [-0.15, -0.1) is 0 Å². The van der Waals surface area contributed by atoms with E-state index in [1.165, 1.54) is 25.3 Å². The molecule has 0 unspecified atom stereocenters. The minimum absolute atomic E-state index is 0.774. The first-order chi connectivity index (χ1) is 5.98. The Labute approximate surface area is 85.0 Å². The number of hydrogen-bond acceptors (Lipinski definition) is 1. The average molecular weight is 202 g/mol. The van der Waals surface area contributed by atoms with E-state index in [9.17, 15) is 0 Å². The van der Waals surface area contributed by atoms with E-state index in [2.05, 4.69) is 33.9 Å². The molecule has 0 amide bonds. The maximum Gasteiger partial charge on any atom is 0.186 e. The van der Waals surface area contributed by atoms with Gasteiger partial charge in [0.05, 0.1) is 0 Å². The van der Waals surface area contributed by atoms with E-state index in [0.717, 1.165) is 12.5 Å². The second-order valence-corrected chi connectivity index (χ2v) is 9.20. The van der Waals surface area contributed by atoms with Crippen molar-refractivity contribution in [1.29, 1.82) is 0 Å². The zero-order chi connectivity index (χ0) is 10.3. The first kappa shape index (κ1) is 13.2. The van der Waals surface area contributed by atoms with Gasteiger partial charge in [-0.25, -0.2) is 0 Å². The lowest BCUT2D eigenvalue weighted by atomic mass is 10.2. The van der Waals surface area contributed by atoms with Crippen molar-refractivity contribution in [2.45, 2.75) is 59.2 Å². The molecule has 0 saturated heterocycles. The lowest BCUT2D eigenvalue weighted by molar-refractivity contribution is 0.279. The molecule has 0 heterocycles. The molecule has 0 saturated carbocycles. The van der Waals surface area contributed by atoms with E-state index < -0.39 is 8.32 Å². The van der Waals surface area contributed by atoms with Crippen molar-refractivity contribution in [3.05, 3.63) is 0 Å². The van der Waals surface area contributed by atoms with Crippen LogP contribution in [0.25, 0.3) is 0 Å². The molecule has 1 nitrogen and oxygen atoms in total. The van der Waals surface area contributed by atoms with Gasteiger partial charge in [0.25, 0.3) is 0 Å². The zero-order valence-corrected chi connectivity index (χ0v) is 11.0. The highest BCUT2D eigenvalue weighted by Gasteiger charge is 2.20. The van der Waals surface area contributed by atoms with Crippen LogP contribution >= 0.6 is 0 Å². The Morgan fingerprint density at radius 2 is 1.85 bits per heavy atom. The van der Waals surface area contributed by atoms with E-state index >= 15 is 0 Å². The molecule has 0 aromatic heterocycles. The van der Waals surface area contributed by atoms with Crippen LogP contribution in [0.2, 0.25) is 19.1 Å². The van der Waals surface area contributed by atoms with Crippen LogP contribution in [-0.2, 0) is 4.43 Å².